The van der Waals surface area contributed by atoms with Crippen LogP contribution in [-0.4, -0.2) is 51.0 Å². The summed E-state index contributed by atoms with van der Waals surface area (Å²) in [6, 6.07) is 12.1. The Kier molecular flexibility index (Phi) is 7.93. The number of ether oxygens (including phenoxy) is 2. The van der Waals surface area contributed by atoms with E-state index in [0.717, 1.165) is 84.9 Å². The molecule has 0 saturated carbocycles. The lowest BCUT2D eigenvalue weighted by atomic mass is 10.0. The normalized spacial score (nSPS) is 15.5. The van der Waals surface area contributed by atoms with E-state index in [-0.39, 0.29) is 0 Å². The summed E-state index contributed by atoms with van der Waals surface area (Å²) < 4.78 is 18.3. The molecule has 0 radical (unpaired) electrons. The summed E-state index contributed by atoms with van der Waals surface area (Å²) in [5.74, 6) is 3.04. The molecule has 0 unspecified atom stereocenters. The van der Waals surface area contributed by atoms with Gasteiger partial charge in [-0.05, 0) is 49.4 Å². The fourth-order valence-corrected chi connectivity index (χ4v) is 4.43. The third-order valence-corrected chi connectivity index (χ3v) is 6.32. The molecule has 0 amide bonds. The molecule has 0 spiro atoms. The SMILES string of the molecule is CN=C(NCCCOCC1CCOCC1)NCc1ccc(-c2nc3ccccc3s2)o1. The zero-order valence-corrected chi connectivity index (χ0v) is 18.7. The Hall–Kier alpha value is -2.42. The van der Waals surface area contributed by atoms with E-state index in [1.54, 1.807) is 18.4 Å². The zero-order chi connectivity index (χ0) is 21.3. The Labute approximate surface area is 186 Å². The van der Waals surface area contributed by atoms with Gasteiger partial charge in [0.25, 0.3) is 0 Å². The van der Waals surface area contributed by atoms with Crippen molar-refractivity contribution in [2.75, 3.05) is 40.0 Å². The first-order valence-electron chi connectivity index (χ1n) is 10.9. The second-order valence-electron chi connectivity index (χ2n) is 7.59. The van der Waals surface area contributed by atoms with Gasteiger partial charge in [-0.1, -0.05) is 12.1 Å². The maximum atomic E-state index is 5.98. The summed E-state index contributed by atoms with van der Waals surface area (Å²) in [6.07, 6.45) is 3.16. The van der Waals surface area contributed by atoms with Gasteiger partial charge in [-0.15, -0.1) is 11.3 Å². The molecule has 1 fully saturated rings. The Morgan fingerprint density at radius 2 is 2.06 bits per heavy atom. The molecule has 3 heterocycles. The average molecular weight is 443 g/mol. The molecule has 31 heavy (non-hydrogen) atoms. The predicted molar refractivity (Wildman–Crippen MR) is 125 cm³/mol. The fraction of sp³-hybridized carbons (Fsp3) is 0.478. The Balaban J connectivity index is 1.16. The zero-order valence-electron chi connectivity index (χ0n) is 17.9. The monoisotopic (exact) mass is 442 g/mol. The highest BCUT2D eigenvalue weighted by Gasteiger charge is 2.13. The summed E-state index contributed by atoms with van der Waals surface area (Å²) >= 11 is 1.64. The van der Waals surface area contributed by atoms with Crippen LogP contribution in [0, 0.1) is 5.92 Å². The van der Waals surface area contributed by atoms with Crippen molar-refractivity contribution >= 4 is 27.5 Å². The van der Waals surface area contributed by atoms with Crippen LogP contribution in [0.5, 0.6) is 0 Å². The molecule has 0 bridgehead atoms. The molecule has 1 aromatic carbocycles. The van der Waals surface area contributed by atoms with E-state index in [1.807, 2.05) is 30.3 Å². The molecule has 3 aromatic rings. The highest BCUT2D eigenvalue weighted by Crippen LogP contribution is 2.31. The van der Waals surface area contributed by atoms with Crippen molar-refractivity contribution < 1.29 is 13.9 Å². The molecule has 7 nitrogen and oxygen atoms in total. The van der Waals surface area contributed by atoms with Crippen molar-refractivity contribution in [2.45, 2.75) is 25.8 Å². The molecule has 1 saturated heterocycles. The lowest BCUT2D eigenvalue weighted by Crippen LogP contribution is -2.37. The van der Waals surface area contributed by atoms with Crippen LogP contribution in [0.2, 0.25) is 0 Å². The Bertz CT molecular complexity index is 945. The minimum absolute atomic E-state index is 0.560. The van der Waals surface area contributed by atoms with Gasteiger partial charge in [-0.2, -0.15) is 0 Å². The highest BCUT2D eigenvalue weighted by molar-refractivity contribution is 7.21. The third-order valence-electron chi connectivity index (χ3n) is 5.27. The summed E-state index contributed by atoms with van der Waals surface area (Å²) in [5, 5.41) is 7.51. The highest BCUT2D eigenvalue weighted by atomic mass is 32.1. The lowest BCUT2D eigenvalue weighted by molar-refractivity contribution is 0.0203. The predicted octanol–water partition coefficient (Wildman–Crippen LogP) is 4.05. The summed E-state index contributed by atoms with van der Waals surface area (Å²) in [6.45, 7) is 4.70. The van der Waals surface area contributed by atoms with E-state index < -0.39 is 0 Å². The Morgan fingerprint density at radius 1 is 1.19 bits per heavy atom. The number of para-hydroxylation sites is 1. The van der Waals surface area contributed by atoms with Crippen LogP contribution in [-0.2, 0) is 16.0 Å². The van der Waals surface area contributed by atoms with Crippen LogP contribution in [0.1, 0.15) is 25.0 Å². The number of aromatic nitrogens is 1. The van der Waals surface area contributed by atoms with Crippen LogP contribution < -0.4 is 10.6 Å². The van der Waals surface area contributed by atoms with Crippen LogP contribution in [0.15, 0.2) is 45.8 Å². The van der Waals surface area contributed by atoms with Crippen molar-refractivity contribution in [3.63, 3.8) is 0 Å². The van der Waals surface area contributed by atoms with Gasteiger partial charge in [0.1, 0.15) is 5.76 Å². The third kappa shape index (κ3) is 6.29. The van der Waals surface area contributed by atoms with E-state index in [0.29, 0.717) is 12.5 Å². The standard InChI is InChI=1S/C23H30N4O3S/c1-24-23(25-11-4-12-29-16-17-9-13-28-14-10-17)26-15-18-7-8-20(30-18)22-27-19-5-2-3-6-21(19)31-22/h2-3,5-8,17H,4,9-16H2,1H3,(H2,24,25,26). The molecule has 1 aliphatic heterocycles. The number of hydrogen-bond donors (Lipinski definition) is 2. The topological polar surface area (TPSA) is 80.9 Å². The summed E-state index contributed by atoms with van der Waals surface area (Å²) in [5.41, 5.74) is 1.000. The molecule has 8 heteroatoms. The maximum Gasteiger partial charge on any atom is 0.191 e. The number of rotatable bonds is 9. The van der Waals surface area contributed by atoms with E-state index in [2.05, 4.69) is 26.7 Å². The van der Waals surface area contributed by atoms with Gasteiger partial charge in [0.15, 0.2) is 16.7 Å². The van der Waals surface area contributed by atoms with E-state index in [4.69, 9.17) is 13.9 Å². The van der Waals surface area contributed by atoms with Crippen molar-refractivity contribution in [3.8, 4) is 10.8 Å². The van der Waals surface area contributed by atoms with Crippen LogP contribution in [0.3, 0.4) is 0 Å². The molecular formula is C23H30N4O3S. The van der Waals surface area contributed by atoms with Gasteiger partial charge in [0, 0.05) is 40.0 Å². The van der Waals surface area contributed by atoms with Crippen LogP contribution >= 0.6 is 11.3 Å². The number of benzene rings is 1. The number of nitrogens with one attached hydrogen (secondary N) is 2. The summed E-state index contributed by atoms with van der Waals surface area (Å²) in [4.78, 5) is 8.93. The lowest BCUT2D eigenvalue weighted by Gasteiger charge is -2.21. The van der Waals surface area contributed by atoms with Gasteiger partial charge in [0.2, 0.25) is 0 Å². The molecule has 1 aliphatic rings. The van der Waals surface area contributed by atoms with Crippen molar-refractivity contribution in [3.05, 3.63) is 42.2 Å². The average Bonchev–Trinajstić information content (AvgIpc) is 3.45. The first kappa shape index (κ1) is 21.8. The molecule has 0 atom stereocenters. The van der Waals surface area contributed by atoms with Gasteiger partial charge >= 0.3 is 0 Å². The minimum atomic E-state index is 0.560. The van der Waals surface area contributed by atoms with Gasteiger partial charge in [0.05, 0.1) is 16.8 Å². The van der Waals surface area contributed by atoms with Gasteiger partial charge < -0.3 is 24.5 Å². The number of hydrogen-bond acceptors (Lipinski definition) is 6. The number of fused-ring (bicyclic) bond motifs is 1. The van der Waals surface area contributed by atoms with Gasteiger partial charge in [-0.3, -0.25) is 4.99 Å². The van der Waals surface area contributed by atoms with Crippen molar-refractivity contribution in [1.29, 1.82) is 0 Å². The fourth-order valence-electron chi connectivity index (χ4n) is 3.50. The van der Waals surface area contributed by atoms with Crippen molar-refractivity contribution in [1.82, 2.24) is 15.6 Å². The Morgan fingerprint density at radius 3 is 2.90 bits per heavy atom. The van der Waals surface area contributed by atoms with E-state index >= 15 is 0 Å². The van der Waals surface area contributed by atoms with E-state index in [1.165, 1.54) is 0 Å². The first-order chi connectivity index (χ1) is 15.3. The molecular weight excluding hydrogens is 412 g/mol. The molecule has 166 valence electrons. The van der Waals surface area contributed by atoms with Crippen molar-refractivity contribution in [2.24, 2.45) is 10.9 Å². The number of thiazole rings is 1. The molecule has 2 N–H and O–H groups in total. The second kappa shape index (κ2) is 11.3. The maximum absolute atomic E-state index is 5.98. The number of furan rings is 1. The quantitative estimate of drug-likeness (QED) is 0.296. The molecule has 0 aliphatic carbocycles. The number of guanidine groups is 1. The number of nitrogens with zero attached hydrogens (tertiary/aromatic N) is 2. The second-order valence-corrected chi connectivity index (χ2v) is 8.62. The largest absolute Gasteiger partial charge is 0.457 e. The first-order valence-corrected chi connectivity index (χ1v) is 11.7. The number of aliphatic imine (C=N–C) groups is 1. The smallest absolute Gasteiger partial charge is 0.191 e. The molecule has 2 aromatic heterocycles. The van der Waals surface area contributed by atoms with Gasteiger partial charge in [-0.25, -0.2) is 4.98 Å². The van der Waals surface area contributed by atoms with E-state index in [9.17, 15) is 0 Å². The molecule has 4 rings (SSSR count). The van der Waals surface area contributed by atoms with Crippen LogP contribution in [0.4, 0.5) is 0 Å². The van der Waals surface area contributed by atoms with Crippen LogP contribution in [0.25, 0.3) is 21.0 Å². The summed E-state index contributed by atoms with van der Waals surface area (Å²) in [7, 11) is 1.77. The minimum Gasteiger partial charge on any atom is -0.457 e.